The number of amides is 2. The predicted molar refractivity (Wildman–Crippen MR) is 50.9 cm³/mol. The lowest BCUT2D eigenvalue weighted by Crippen LogP contribution is -2.53. The van der Waals surface area contributed by atoms with Gasteiger partial charge in [-0.2, -0.15) is 0 Å². The summed E-state index contributed by atoms with van der Waals surface area (Å²) in [5, 5.41) is 9.45. The van der Waals surface area contributed by atoms with Crippen LogP contribution in [0.3, 0.4) is 0 Å². The maximum absolute atomic E-state index is 11.7. The summed E-state index contributed by atoms with van der Waals surface area (Å²) in [7, 11) is 0. The Morgan fingerprint density at radius 2 is 1.93 bits per heavy atom. The largest absolute Gasteiger partial charge is 0.391 e. The first-order valence-corrected chi connectivity index (χ1v) is 5.32. The first-order chi connectivity index (χ1) is 7.13. The van der Waals surface area contributed by atoms with Crippen molar-refractivity contribution in [2.24, 2.45) is 0 Å². The van der Waals surface area contributed by atoms with Crippen molar-refractivity contribution in [2.45, 2.75) is 44.5 Å². The second-order valence-corrected chi connectivity index (χ2v) is 4.04. The number of nitrogens with zero attached hydrogens (tertiary/aromatic N) is 1. The van der Waals surface area contributed by atoms with E-state index in [9.17, 15) is 14.7 Å². The highest BCUT2D eigenvalue weighted by atomic mass is 16.5. The van der Waals surface area contributed by atoms with E-state index in [1.165, 1.54) is 0 Å². The molecule has 0 saturated carbocycles. The van der Waals surface area contributed by atoms with Gasteiger partial charge in [-0.15, -0.1) is 0 Å². The molecule has 84 valence electrons. The normalized spacial score (nSPS) is 32.3. The summed E-state index contributed by atoms with van der Waals surface area (Å²) in [5.41, 5.74) is 0. The molecule has 2 aliphatic heterocycles. The molecule has 2 saturated heterocycles. The molecular weight excluding hydrogens is 198 g/mol. The lowest BCUT2D eigenvalue weighted by molar-refractivity contribution is -0.170. The molecule has 0 aliphatic carbocycles. The van der Waals surface area contributed by atoms with Crippen molar-refractivity contribution >= 4 is 11.8 Å². The maximum atomic E-state index is 11.7. The van der Waals surface area contributed by atoms with Crippen LogP contribution < -0.4 is 0 Å². The lowest BCUT2D eigenvalue weighted by Gasteiger charge is -2.31. The topological polar surface area (TPSA) is 66.8 Å². The number of aliphatic hydroxyl groups is 1. The van der Waals surface area contributed by atoms with Crippen molar-refractivity contribution in [1.29, 1.82) is 0 Å². The Morgan fingerprint density at radius 3 is 2.40 bits per heavy atom. The Hall–Kier alpha value is -0.940. The molecule has 15 heavy (non-hydrogen) atoms. The van der Waals surface area contributed by atoms with E-state index in [4.69, 9.17) is 4.74 Å². The molecule has 5 nitrogen and oxygen atoms in total. The van der Waals surface area contributed by atoms with Gasteiger partial charge in [0.1, 0.15) is 12.2 Å². The van der Waals surface area contributed by atoms with Crippen molar-refractivity contribution in [3.8, 4) is 0 Å². The SMILES string of the molecule is CCC(O)CN1C(=O)C2CCC(O2)C1=O. The average Bonchev–Trinajstić information content (AvgIpc) is 2.68. The van der Waals surface area contributed by atoms with Crippen LogP contribution in [0.25, 0.3) is 0 Å². The average molecular weight is 213 g/mol. The summed E-state index contributed by atoms with van der Waals surface area (Å²) in [5.74, 6) is -0.581. The number of hydrogen-bond acceptors (Lipinski definition) is 4. The molecule has 2 heterocycles. The predicted octanol–water partition coefficient (Wildman–Crippen LogP) is -0.326. The van der Waals surface area contributed by atoms with Gasteiger partial charge in [-0.3, -0.25) is 14.5 Å². The van der Waals surface area contributed by atoms with Crippen molar-refractivity contribution in [1.82, 2.24) is 4.90 Å². The van der Waals surface area contributed by atoms with Gasteiger partial charge in [0.25, 0.3) is 11.8 Å². The van der Waals surface area contributed by atoms with Gasteiger partial charge in [0.05, 0.1) is 12.6 Å². The summed E-state index contributed by atoms with van der Waals surface area (Å²) in [6, 6.07) is 0. The van der Waals surface area contributed by atoms with Crippen molar-refractivity contribution < 1.29 is 19.4 Å². The third-order valence-electron chi connectivity index (χ3n) is 2.97. The van der Waals surface area contributed by atoms with Gasteiger partial charge in [-0.1, -0.05) is 6.92 Å². The van der Waals surface area contributed by atoms with Gasteiger partial charge in [0, 0.05) is 0 Å². The van der Waals surface area contributed by atoms with E-state index in [-0.39, 0.29) is 18.4 Å². The van der Waals surface area contributed by atoms with Crippen LogP contribution in [0.4, 0.5) is 0 Å². The standard InChI is InChI=1S/C10H15NO4/c1-2-6(12)5-11-9(13)7-3-4-8(15-7)10(11)14/h6-8,12H,2-5H2,1H3. The summed E-state index contributed by atoms with van der Waals surface area (Å²) in [6.45, 7) is 1.92. The zero-order valence-corrected chi connectivity index (χ0v) is 8.68. The highest BCUT2D eigenvalue weighted by molar-refractivity contribution is 6.02. The van der Waals surface area contributed by atoms with Gasteiger partial charge in [0.2, 0.25) is 0 Å². The number of carbonyl (C=O) groups is 2. The summed E-state index contributed by atoms with van der Waals surface area (Å²) < 4.78 is 5.24. The van der Waals surface area contributed by atoms with E-state index in [0.29, 0.717) is 19.3 Å². The third-order valence-corrected chi connectivity index (χ3v) is 2.97. The molecule has 1 N–H and O–H groups in total. The Labute approximate surface area is 88.0 Å². The zero-order chi connectivity index (χ0) is 11.0. The number of β-amino-alcohol motifs (C(OH)–C–C–N with tert-alkyl or cyclic N) is 1. The van der Waals surface area contributed by atoms with Crippen LogP contribution >= 0.6 is 0 Å². The number of carbonyl (C=O) groups excluding carboxylic acids is 2. The molecule has 0 radical (unpaired) electrons. The number of morpholine rings is 1. The van der Waals surface area contributed by atoms with Crippen molar-refractivity contribution in [2.75, 3.05) is 6.54 Å². The minimum atomic E-state index is -0.629. The molecule has 0 spiro atoms. The fraction of sp³-hybridized carbons (Fsp3) is 0.800. The highest BCUT2D eigenvalue weighted by Crippen LogP contribution is 2.28. The Morgan fingerprint density at radius 1 is 1.40 bits per heavy atom. The van der Waals surface area contributed by atoms with E-state index in [0.717, 1.165) is 4.90 Å². The van der Waals surface area contributed by atoms with E-state index in [2.05, 4.69) is 0 Å². The van der Waals surface area contributed by atoms with Crippen molar-refractivity contribution in [3.63, 3.8) is 0 Å². The molecule has 2 aliphatic rings. The van der Waals surface area contributed by atoms with Gasteiger partial charge < -0.3 is 9.84 Å². The van der Waals surface area contributed by atoms with Gasteiger partial charge in [0.15, 0.2) is 0 Å². The summed E-state index contributed by atoms with van der Waals surface area (Å²) in [4.78, 5) is 24.6. The number of likely N-dealkylation sites (tertiary alicyclic amines) is 1. The molecular formula is C10H15NO4. The Bertz CT molecular complexity index is 269. The van der Waals surface area contributed by atoms with Crippen LogP contribution in [0.5, 0.6) is 0 Å². The molecule has 5 heteroatoms. The molecule has 2 fully saturated rings. The van der Waals surface area contributed by atoms with Gasteiger partial charge in [-0.05, 0) is 19.3 Å². The first-order valence-electron chi connectivity index (χ1n) is 5.32. The maximum Gasteiger partial charge on any atom is 0.258 e. The molecule has 3 unspecified atom stereocenters. The summed E-state index contributed by atoms with van der Waals surface area (Å²) in [6.07, 6.45) is 0.221. The van der Waals surface area contributed by atoms with Gasteiger partial charge in [-0.25, -0.2) is 0 Å². The van der Waals surface area contributed by atoms with Crippen LogP contribution in [0.1, 0.15) is 26.2 Å². The molecule has 2 bridgehead atoms. The molecule has 0 aromatic rings. The van der Waals surface area contributed by atoms with Crippen LogP contribution in [-0.4, -0.2) is 46.7 Å². The molecule has 0 aromatic heterocycles. The number of fused-ring (bicyclic) bond motifs is 2. The Kier molecular flexibility index (Phi) is 2.75. The van der Waals surface area contributed by atoms with Crippen LogP contribution in [0.15, 0.2) is 0 Å². The second-order valence-electron chi connectivity index (χ2n) is 4.04. The smallest absolute Gasteiger partial charge is 0.258 e. The fourth-order valence-corrected chi connectivity index (χ4v) is 1.98. The number of imide groups is 1. The monoisotopic (exact) mass is 213 g/mol. The van der Waals surface area contributed by atoms with Gasteiger partial charge >= 0.3 is 0 Å². The number of aliphatic hydroxyl groups excluding tert-OH is 1. The zero-order valence-electron chi connectivity index (χ0n) is 8.68. The lowest BCUT2D eigenvalue weighted by atomic mass is 10.2. The van der Waals surface area contributed by atoms with Crippen LogP contribution in [-0.2, 0) is 14.3 Å². The third kappa shape index (κ3) is 1.77. The number of rotatable bonds is 3. The summed E-state index contributed by atoms with van der Waals surface area (Å²) >= 11 is 0. The van der Waals surface area contributed by atoms with E-state index in [1.807, 2.05) is 6.92 Å². The molecule has 0 aromatic carbocycles. The van der Waals surface area contributed by atoms with E-state index >= 15 is 0 Å². The van der Waals surface area contributed by atoms with Crippen molar-refractivity contribution in [3.05, 3.63) is 0 Å². The highest BCUT2D eigenvalue weighted by Gasteiger charge is 2.46. The van der Waals surface area contributed by atoms with Crippen LogP contribution in [0.2, 0.25) is 0 Å². The first kappa shape index (κ1) is 10.6. The fourth-order valence-electron chi connectivity index (χ4n) is 1.98. The van der Waals surface area contributed by atoms with E-state index < -0.39 is 18.3 Å². The molecule has 3 atom stereocenters. The van der Waals surface area contributed by atoms with Crippen LogP contribution in [0, 0.1) is 0 Å². The molecule has 2 amide bonds. The van der Waals surface area contributed by atoms with E-state index in [1.54, 1.807) is 0 Å². The molecule has 2 rings (SSSR count). The second kappa shape index (κ2) is 3.90. The minimum Gasteiger partial charge on any atom is -0.391 e. The number of hydrogen-bond donors (Lipinski definition) is 1. The minimum absolute atomic E-state index is 0.102. The quantitative estimate of drug-likeness (QED) is 0.652. The Balaban J connectivity index is 2.10. The number of ether oxygens (including phenoxy) is 1.